The van der Waals surface area contributed by atoms with Crippen molar-refractivity contribution in [2.75, 3.05) is 0 Å². The van der Waals surface area contributed by atoms with Crippen molar-refractivity contribution < 1.29 is 4.79 Å². The minimum atomic E-state index is 0.433. The third kappa shape index (κ3) is 0.562. The van der Waals surface area contributed by atoms with Crippen LogP contribution >= 0.6 is 0 Å². The van der Waals surface area contributed by atoms with Crippen LogP contribution in [0, 0.1) is 29.1 Å². The maximum atomic E-state index is 11.9. The normalized spacial score (nSPS) is 53.4. The average Bonchev–Trinajstić information content (AvgIpc) is 2.68. The SMILES string of the molecule is O=C1C2CCC1C1C=CC2C12CC2. The summed E-state index contributed by atoms with van der Waals surface area (Å²) < 4.78 is 0. The van der Waals surface area contributed by atoms with Crippen molar-refractivity contribution in [2.24, 2.45) is 29.1 Å². The van der Waals surface area contributed by atoms with E-state index >= 15 is 0 Å². The van der Waals surface area contributed by atoms with Gasteiger partial charge in [0.1, 0.15) is 5.78 Å². The van der Waals surface area contributed by atoms with Crippen LogP contribution in [0.2, 0.25) is 0 Å². The van der Waals surface area contributed by atoms with Gasteiger partial charge in [-0.25, -0.2) is 0 Å². The van der Waals surface area contributed by atoms with E-state index in [0.29, 0.717) is 34.9 Å². The maximum absolute atomic E-state index is 11.9. The highest BCUT2D eigenvalue weighted by Crippen LogP contribution is 2.71. The van der Waals surface area contributed by atoms with E-state index in [1.807, 2.05) is 0 Å². The maximum Gasteiger partial charge on any atom is 0.140 e. The topological polar surface area (TPSA) is 17.1 Å². The van der Waals surface area contributed by atoms with E-state index in [9.17, 15) is 4.79 Å². The zero-order valence-corrected chi connectivity index (χ0v) is 7.70. The summed E-state index contributed by atoms with van der Waals surface area (Å²) in [5.41, 5.74) is 0.611. The summed E-state index contributed by atoms with van der Waals surface area (Å²) in [5, 5.41) is 0. The molecule has 0 saturated heterocycles. The Bertz CT molecular complexity index is 298. The number of ketones is 1. The molecule has 4 aliphatic rings. The van der Waals surface area contributed by atoms with Crippen molar-refractivity contribution >= 4 is 5.78 Å². The van der Waals surface area contributed by atoms with Gasteiger partial charge in [0.25, 0.3) is 0 Å². The molecule has 1 heteroatoms. The number of allylic oxidation sites excluding steroid dienone is 2. The minimum absolute atomic E-state index is 0.433. The lowest BCUT2D eigenvalue weighted by Gasteiger charge is -2.35. The summed E-state index contributed by atoms with van der Waals surface area (Å²) >= 11 is 0. The molecular formula is C12H14O. The van der Waals surface area contributed by atoms with E-state index in [1.165, 1.54) is 25.7 Å². The molecule has 4 atom stereocenters. The molecule has 0 heterocycles. The van der Waals surface area contributed by atoms with Crippen LogP contribution in [0.25, 0.3) is 0 Å². The Hall–Kier alpha value is -0.590. The van der Waals surface area contributed by atoms with E-state index < -0.39 is 0 Å². The molecular weight excluding hydrogens is 160 g/mol. The second kappa shape index (κ2) is 1.77. The molecule has 4 unspecified atom stereocenters. The zero-order valence-electron chi connectivity index (χ0n) is 7.70. The van der Waals surface area contributed by atoms with Crippen molar-refractivity contribution in [3.05, 3.63) is 12.2 Å². The Morgan fingerprint density at radius 2 is 1.62 bits per heavy atom. The molecule has 0 radical (unpaired) electrons. The lowest BCUT2D eigenvalue weighted by Crippen LogP contribution is -2.38. The number of rotatable bonds is 0. The average molecular weight is 174 g/mol. The summed E-state index contributed by atoms with van der Waals surface area (Å²) in [5.74, 6) is 2.79. The summed E-state index contributed by atoms with van der Waals surface area (Å²) in [6.07, 6.45) is 9.93. The van der Waals surface area contributed by atoms with Gasteiger partial charge in [0.15, 0.2) is 0 Å². The van der Waals surface area contributed by atoms with E-state index in [1.54, 1.807) is 0 Å². The molecule has 0 aromatic carbocycles. The van der Waals surface area contributed by atoms with Gasteiger partial charge in [-0.05, 0) is 42.9 Å². The van der Waals surface area contributed by atoms with Crippen molar-refractivity contribution in [3.8, 4) is 0 Å². The van der Waals surface area contributed by atoms with Gasteiger partial charge in [-0.3, -0.25) is 4.79 Å². The van der Waals surface area contributed by atoms with E-state index in [-0.39, 0.29) is 0 Å². The molecule has 68 valence electrons. The third-order valence-corrected chi connectivity index (χ3v) is 5.07. The van der Waals surface area contributed by atoms with Crippen LogP contribution in [-0.4, -0.2) is 5.78 Å². The Labute approximate surface area is 78.2 Å². The first kappa shape index (κ1) is 6.80. The summed E-state index contributed by atoms with van der Waals surface area (Å²) in [6.45, 7) is 0. The predicted molar refractivity (Wildman–Crippen MR) is 49.0 cm³/mol. The van der Waals surface area contributed by atoms with Crippen LogP contribution < -0.4 is 0 Å². The second-order valence-electron chi connectivity index (χ2n) is 5.36. The zero-order chi connectivity index (χ0) is 8.63. The predicted octanol–water partition coefficient (Wildman–Crippen LogP) is 2.18. The third-order valence-electron chi connectivity index (χ3n) is 5.07. The number of carbonyl (C=O) groups is 1. The van der Waals surface area contributed by atoms with Crippen LogP contribution in [0.15, 0.2) is 12.2 Å². The number of hydrogen-bond donors (Lipinski definition) is 0. The fourth-order valence-corrected chi connectivity index (χ4v) is 4.36. The first-order valence-electron chi connectivity index (χ1n) is 5.55. The number of hydrogen-bond acceptors (Lipinski definition) is 1. The van der Waals surface area contributed by atoms with Crippen LogP contribution in [0.5, 0.6) is 0 Å². The van der Waals surface area contributed by atoms with E-state index in [0.717, 1.165) is 0 Å². The molecule has 4 rings (SSSR count). The Kier molecular flexibility index (Phi) is 0.928. The van der Waals surface area contributed by atoms with Gasteiger partial charge in [0, 0.05) is 11.8 Å². The van der Waals surface area contributed by atoms with Crippen molar-refractivity contribution in [2.45, 2.75) is 25.7 Å². The first-order chi connectivity index (χ1) is 6.33. The van der Waals surface area contributed by atoms with Gasteiger partial charge in [-0.2, -0.15) is 0 Å². The molecule has 0 N–H and O–H groups in total. The lowest BCUT2D eigenvalue weighted by molar-refractivity contribution is -0.130. The Morgan fingerprint density at radius 3 is 2.08 bits per heavy atom. The monoisotopic (exact) mass is 174 g/mol. The van der Waals surface area contributed by atoms with Gasteiger partial charge in [0.2, 0.25) is 0 Å². The highest BCUT2D eigenvalue weighted by molar-refractivity contribution is 5.88. The standard InChI is InChI=1S/C12H14O/c13-11-7-1-2-8(11)10-4-3-9(7)12(10)5-6-12/h3-4,7-10H,1-2,5-6H2. The lowest BCUT2D eigenvalue weighted by atomic mass is 9.67. The van der Waals surface area contributed by atoms with Crippen molar-refractivity contribution in [1.82, 2.24) is 0 Å². The molecule has 0 aromatic rings. The fourth-order valence-electron chi connectivity index (χ4n) is 4.36. The molecule has 1 spiro atoms. The molecule has 0 aliphatic heterocycles. The second-order valence-corrected chi connectivity index (χ2v) is 5.36. The van der Waals surface area contributed by atoms with Crippen LogP contribution in [-0.2, 0) is 4.79 Å². The van der Waals surface area contributed by atoms with Gasteiger partial charge >= 0.3 is 0 Å². The molecule has 3 fully saturated rings. The summed E-state index contributed by atoms with van der Waals surface area (Å²) in [4.78, 5) is 11.9. The Balaban J connectivity index is 1.91. The molecule has 0 amide bonds. The number of carbonyl (C=O) groups excluding carboxylic acids is 1. The Morgan fingerprint density at radius 1 is 1.08 bits per heavy atom. The summed E-state index contributed by atoms with van der Waals surface area (Å²) in [7, 11) is 0. The number of Topliss-reactive ketones (excluding diaryl/α,β-unsaturated/α-hetero) is 1. The molecule has 3 saturated carbocycles. The van der Waals surface area contributed by atoms with Gasteiger partial charge < -0.3 is 0 Å². The van der Waals surface area contributed by atoms with Crippen molar-refractivity contribution in [1.29, 1.82) is 0 Å². The van der Waals surface area contributed by atoms with E-state index in [4.69, 9.17) is 0 Å². The van der Waals surface area contributed by atoms with E-state index in [2.05, 4.69) is 12.2 Å². The van der Waals surface area contributed by atoms with Gasteiger partial charge in [-0.1, -0.05) is 12.2 Å². The molecule has 4 aliphatic carbocycles. The molecule has 1 nitrogen and oxygen atoms in total. The smallest absolute Gasteiger partial charge is 0.140 e. The highest BCUT2D eigenvalue weighted by Gasteiger charge is 2.66. The van der Waals surface area contributed by atoms with Gasteiger partial charge in [0.05, 0.1) is 0 Å². The van der Waals surface area contributed by atoms with Crippen molar-refractivity contribution in [3.63, 3.8) is 0 Å². The van der Waals surface area contributed by atoms with Crippen LogP contribution in [0.3, 0.4) is 0 Å². The minimum Gasteiger partial charge on any atom is -0.299 e. The highest BCUT2D eigenvalue weighted by atomic mass is 16.1. The van der Waals surface area contributed by atoms with Gasteiger partial charge in [-0.15, -0.1) is 0 Å². The molecule has 4 bridgehead atoms. The molecule has 0 aromatic heterocycles. The fraction of sp³-hybridized carbons (Fsp3) is 0.750. The largest absolute Gasteiger partial charge is 0.299 e. The molecule has 13 heavy (non-hydrogen) atoms. The van der Waals surface area contributed by atoms with Crippen LogP contribution in [0.1, 0.15) is 25.7 Å². The quantitative estimate of drug-likeness (QED) is 0.514. The summed E-state index contributed by atoms with van der Waals surface area (Å²) in [6, 6.07) is 0. The number of fused-ring (bicyclic) bond motifs is 4. The first-order valence-corrected chi connectivity index (χ1v) is 5.55. The van der Waals surface area contributed by atoms with Crippen LogP contribution in [0.4, 0.5) is 0 Å².